The van der Waals surface area contributed by atoms with Crippen molar-refractivity contribution in [2.45, 2.75) is 45.8 Å². The van der Waals surface area contributed by atoms with Crippen LogP contribution in [0.1, 0.15) is 55.4 Å². The molecule has 2 aromatic rings. The molecule has 5 nitrogen and oxygen atoms in total. The Morgan fingerprint density at radius 2 is 2.00 bits per heavy atom. The molecule has 5 heteroatoms. The first-order valence-corrected chi connectivity index (χ1v) is 7.99. The Morgan fingerprint density at radius 1 is 1.35 bits per heavy atom. The average molecular weight is 315 g/mol. The summed E-state index contributed by atoms with van der Waals surface area (Å²) in [6, 6.07) is 11.1. The monoisotopic (exact) mass is 315 g/mol. The number of aryl methyl sites for hydroxylation is 1. The molecule has 1 unspecified atom stereocenters. The maximum atomic E-state index is 12.5. The van der Waals surface area contributed by atoms with Gasteiger partial charge in [-0.3, -0.25) is 9.48 Å². The lowest BCUT2D eigenvalue weighted by Crippen LogP contribution is -2.39. The van der Waals surface area contributed by atoms with E-state index in [1.54, 1.807) is 11.6 Å². The molecule has 23 heavy (non-hydrogen) atoms. The van der Waals surface area contributed by atoms with Gasteiger partial charge in [-0.2, -0.15) is 5.10 Å². The average Bonchev–Trinajstić information content (AvgIpc) is 2.98. The Morgan fingerprint density at radius 3 is 2.57 bits per heavy atom. The first-order valence-electron chi connectivity index (χ1n) is 7.99. The minimum atomic E-state index is -1.12. The number of carbonyl (C=O) groups is 1. The molecule has 2 N–H and O–H groups in total. The lowest BCUT2D eigenvalue weighted by Gasteiger charge is -2.24. The smallest absolute Gasteiger partial charge is 0.269 e. The molecule has 2 rings (SSSR count). The Balaban J connectivity index is 2.11. The largest absolute Gasteiger partial charge is 0.384 e. The fraction of sp³-hybridized carbons (Fsp3) is 0.444. The van der Waals surface area contributed by atoms with E-state index in [0.717, 1.165) is 11.3 Å². The molecule has 1 amide bonds. The first kappa shape index (κ1) is 17.2. The molecule has 0 radical (unpaired) electrons. The minimum Gasteiger partial charge on any atom is -0.384 e. The maximum Gasteiger partial charge on any atom is 0.269 e. The van der Waals surface area contributed by atoms with Gasteiger partial charge in [0.2, 0.25) is 0 Å². The van der Waals surface area contributed by atoms with Crippen molar-refractivity contribution in [3.05, 3.63) is 53.3 Å². The van der Waals surface area contributed by atoms with E-state index in [4.69, 9.17) is 0 Å². The maximum absolute atomic E-state index is 12.5. The van der Waals surface area contributed by atoms with Crippen molar-refractivity contribution in [3.63, 3.8) is 0 Å². The topological polar surface area (TPSA) is 67.2 Å². The minimum absolute atomic E-state index is 0.141. The molecule has 0 fully saturated rings. The van der Waals surface area contributed by atoms with Gasteiger partial charge in [-0.25, -0.2) is 0 Å². The second kappa shape index (κ2) is 6.96. The normalized spacial score (nSPS) is 13.8. The number of nitrogens with zero attached hydrogens (tertiary/aromatic N) is 2. The highest BCUT2D eigenvalue weighted by Crippen LogP contribution is 2.19. The molecule has 1 heterocycles. The van der Waals surface area contributed by atoms with E-state index in [1.165, 1.54) is 0 Å². The molecule has 124 valence electrons. The van der Waals surface area contributed by atoms with Crippen LogP contribution in [0.3, 0.4) is 0 Å². The quantitative estimate of drug-likeness (QED) is 0.861. The number of carbonyl (C=O) groups excluding carboxylic acids is 1. The lowest BCUT2D eigenvalue weighted by atomic mass is 9.96. The first-order chi connectivity index (χ1) is 10.8. The van der Waals surface area contributed by atoms with E-state index >= 15 is 0 Å². The van der Waals surface area contributed by atoms with Crippen LogP contribution in [-0.2, 0) is 12.1 Å². The highest BCUT2D eigenvalue weighted by Gasteiger charge is 2.25. The predicted molar refractivity (Wildman–Crippen MR) is 90.3 cm³/mol. The number of nitrogens with one attached hydrogen (secondary N) is 1. The van der Waals surface area contributed by atoms with Crippen LogP contribution in [0.5, 0.6) is 0 Å². The number of amides is 1. The van der Waals surface area contributed by atoms with Crippen LogP contribution < -0.4 is 5.32 Å². The van der Waals surface area contributed by atoms with Gasteiger partial charge in [-0.15, -0.1) is 0 Å². The van der Waals surface area contributed by atoms with Crippen LogP contribution >= 0.6 is 0 Å². The van der Waals surface area contributed by atoms with Crippen molar-refractivity contribution in [2.24, 2.45) is 0 Å². The van der Waals surface area contributed by atoms with Crippen molar-refractivity contribution >= 4 is 5.91 Å². The zero-order chi connectivity index (χ0) is 17.0. The molecular formula is C18H25N3O2. The van der Waals surface area contributed by atoms with E-state index in [1.807, 2.05) is 57.2 Å². The lowest BCUT2D eigenvalue weighted by molar-refractivity contribution is 0.0523. The molecule has 0 spiro atoms. The molecule has 1 aromatic heterocycles. The third-order valence-corrected chi connectivity index (χ3v) is 3.91. The highest BCUT2D eigenvalue weighted by molar-refractivity contribution is 5.92. The van der Waals surface area contributed by atoms with Crippen molar-refractivity contribution in [1.82, 2.24) is 15.1 Å². The van der Waals surface area contributed by atoms with E-state index < -0.39 is 5.60 Å². The highest BCUT2D eigenvalue weighted by atomic mass is 16.3. The molecule has 0 aliphatic heterocycles. The van der Waals surface area contributed by atoms with Gasteiger partial charge in [0.1, 0.15) is 11.3 Å². The van der Waals surface area contributed by atoms with E-state index in [0.29, 0.717) is 12.2 Å². The Hall–Kier alpha value is -2.14. The molecular weight excluding hydrogens is 290 g/mol. The van der Waals surface area contributed by atoms with E-state index in [-0.39, 0.29) is 18.4 Å². The SMILES string of the molecule is CCn1nc(C(C)C)cc1C(=O)NCC(C)(O)c1ccccc1. The van der Waals surface area contributed by atoms with Crippen molar-refractivity contribution in [3.8, 4) is 0 Å². The molecule has 1 atom stereocenters. The standard InChI is InChI=1S/C18H25N3O2/c1-5-21-16(11-15(20-21)13(2)3)17(22)19-12-18(4,23)14-9-7-6-8-10-14/h6-11,13,23H,5,12H2,1-4H3,(H,19,22). The van der Waals surface area contributed by atoms with Gasteiger partial charge in [0.15, 0.2) is 0 Å². The number of hydrogen-bond donors (Lipinski definition) is 2. The summed E-state index contributed by atoms with van der Waals surface area (Å²) < 4.78 is 1.70. The van der Waals surface area contributed by atoms with Gasteiger partial charge in [0.25, 0.3) is 5.91 Å². The summed E-state index contributed by atoms with van der Waals surface area (Å²) in [5, 5.41) is 17.8. The summed E-state index contributed by atoms with van der Waals surface area (Å²) in [6.07, 6.45) is 0. The zero-order valence-corrected chi connectivity index (χ0v) is 14.2. The Bertz CT molecular complexity index is 660. The fourth-order valence-corrected chi connectivity index (χ4v) is 2.38. The summed E-state index contributed by atoms with van der Waals surface area (Å²) in [4.78, 5) is 12.5. The predicted octanol–water partition coefficient (Wildman–Crippen LogP) is 2.66. The van der Waals surface area contributed by atoms with Gasteiger partial charge in [0, 0.05) is 6.54 Å². The van der Waals surface area contributed by atoms with E-state index in [9.17, 15) is 9.90 Å². The molecule has 0 saturated carbocycles. The Kier molecular flexibility index (Phi) is 5.21. The summed E-state index contributed by atoms with van der Waals surface area (Å²) in [5.41, 5.74) is 1.08. The van der Waals surface area contributed by atoms with Gasteiger partial charge in [-0.1, -0.05) is 44.2 Å². The number of rotatable bonds is 6. The number of hydrogen-bond acceptors (Lipinski definition) is 3. The number of benzene rings is 1. The zero-order valence-electron chi connectivity index (χ0n) is 14.2. The second-order valence-electron chi connectivity index (χ2n) is 6.25. The van der Waals surface area contributed by atoms with Gasteiger partial charge >= 0.3 is 0 Å². The van der Waals surface area contributed by atoms with Crippen LogP contribution in [0.4, 0.5) is 0 Å². The molecule has 0 bridgehead atoms. The van der Waals surface area contributed by atoms with Crippen LogP contribution in [0, 0.1) is 0 Å². The third kappa shape index (κ3) is 3.99. The molecule has 0 aliphatic carbocycles. The van der Waals surface area contributed by atoms with E-state index in [2.05, 4.69) is 10.4 Å². The summed E-state index contributed by atoms with van der Waals surface area (Å²) in [6.45, 7) is 8.51. The number of aliphatic hydroxyl groups is 1. The van der Waals surface area contributed by atoms with Gasteiger partial charge in [-0.05, 0) is 31.4 Å². The summed E-state index contributed by atoms with van der Waals surface area (Å²) in [5.74, 6) is 0.0456. The summed E-state index contributed by atoms with van der Waals surface area (Å²) >= 11 is 0. The molecule has 0 aliphatic rings. The van der Waals surface area contributed by atoms with Gasteiger partial charge in [0.05, 0.1) is 12.2 Å². The van der Waals surface area contributed by atoms with Gasteiger partial charge < -0.3 is 10.4 Å². The second-order valence-corrected chi connectivity index (χ2v) is 6.25. The Labute approximate surface area is 137 Å². The fourth-order valence-electron chi connectivity index (χ4n) is 2.38. The summed E-state index contributed by atoms with van der Waals surface area (Å²) in [7, 11) is 0. The van der Waals surface area contributed by atoms with Crippen molar-refractivity contribution in [1.29, 1.82) is 0 Å². The third-order valence-electron chi connectivity index (χ3n) is 3.91. The number of aromatic nitrogens is 2. The van der Waals surface area contributed by atoms with Crippen LogP contribution in [0.15, 0.2) is 36.4 Å². The van der Waals surface area contributed by atoms with Crippen molar-refractivity contribution < 1.29 is 9.90 Å². The van der Waals surface area contributed by atoms with Crippen LogP contribution in [0.25, 0.3) is 0 Å². The van der Waals surface area contributed by atoms with Crippen molar-refractivity contribution in [2.75, 3.05) is 6.54 Å². The molecule has 0 saturated heterocycles. The molecule has 1 aromatic carbocycles. The van der Waals surface area contributed by atoms with Crippen LogP contribution in [0.2, 0.25) is 0 Å². The van der Waals surface area contributed by atoms with Crippen LogP contribution in [-0.4, -0.2) is 27.3 Å².